The Balaban J connectivity index is 1.99. The number of rotatable bonds is 11. The van der Waals surface area contributed by atoms with Gasteiger partial charge in [0.05, 0.1) is 10.6 Å². The number of carbonyl (C=O) groups excluding carboxylic acids is 2. The smallest absolute Gasteiger partial charge is 0.264 e. The second-order valence-corrected chi connectivity index (χ2v) is 13.2. The fourth-order valence-corrected chi connectivity index (χ4v) is 5.75. The van der Waals surface area contributed by atoms with Crippen LogP contribution in [0.5, 0.6) is 0 Å². The Morgan fingerprint density at radius 3 is 1.90 bits per heavy atom. The molecule has 1 atom stereocenters. The van der Waals surface area contributed by atoms with Gasteiger partial charge >= 0.3 is 0 Å². The number of nitrogens with one attached hydrogen (secondary N) is 1. The van der Waals surface area contributed by atoms with Crippen LogP contribution < -0.4 is 9.62 Å². The van der Waals surface area contributed by atoms with Crippen molar-refractivity contribution in [3.8, 4) is 0 Å². The van der Waals surface area contributed by atoms with E-state index in [1.165, 1.54) is 17.0 Å². The van der Waals surface area contributed by atoms with Crippen molar-refractivity contribution >= 4 is 27.5 Å². The number of carbonyl (C=O) groups is 2. The lowest BCUT2D eigenvalue weighted by molar-refractivity contribution is -0.139. The summed E-state index contributed by atoms with van der Waals surface area (Å²) in [5.41, 5.74) is 1.97. The number of anilines is 1. The number of hydrogen-bond donors (Lipinski definition) is 1. The molecule has 0 fully saturated rings. The maximum atomic E-state index is 14.0. The minimum absolute atomic E-state index is 0.0881. The van der Waals surface area contributed by atoms with E-state index in [0.717, 1.165) is 15.4 Å². The molecule has 0 heterocycles. The normalized spacial score (nSPS) is 12.6. The van der Waals surface area contributed by atoms with Gasteiger partial charge < -0.3 is 10.2 Å². The largest absolute Gasteiger partial charge is 0.350 e. The Hall–Kier alpha value is -3.65. The van der Waals surface area contributed by atoms with Crippen molar-refractivity contribution in [2.24, 2.45) is 0 Å². The quantitative estimate of drug-likeness (QED) is 0.339. The van der Waals surface area contributed by atoms with Crippen LogP contribution in [0.15, 0.2) is 89.8 Å². The Labute approximate surface area is 239 Å². The molecule has 40 heavy (non-hydrogen) atoms. The molecule has 2 amide bonds. The summed E-state index contributed by atoms with van der Waals surface area (Å²) in [5.74, 6) is -0.488. The van der Waals surface area contributed by atoms with Crippen molar-refractivity contribution in [1.29, 1.82) is 0 Å². The number of sulfonamides is 1. The van der Waals surface area contributed by atoms with Crippen molar-refractivity contribution < 1.29 is 18.0 Å². The van der Waals surface area contributed by atoms with Crippen LogP contribution >= 0.6 is 0 Å². The molecule has 0 unspecified atom stereocenters. The van der Waals surface area contributed by atoms with Crippen molar-refractivity contribution in [2.45, 2.75) is 70.4 Å². The van der Waals surface area contributed by atoms with E-state index in [-0.39, 0.29) is 23.3 Å². The first-order valence-electron chi connectivity index (χ1n) is 13.6. The van der Waals surface area contributed by atoms with Gasteiger partial charge in [-0.15, -0.1) is 0 Å². The Morgan fingerprint density at radius 1 is 0.825 bits per heavy atom. The zero-order valence-corrected chi connectivity index (χ0v) is 25.1. The highest BCUT2D eigenvalue weighted by Crippen LogP contribution is 2.26. The number of nitrogens with zero attached hydrogens (tertiary/aromatic N) is 2. The van der Waals surface area contributed by atoms with E-state index < -0.39 is 34.1 Å². The molecule has 7 nitrogen and oxygen atoms in total. The molecule has 1 N–H and O–H groups in total. The minimum atomic E-state index is -4.07. The molecule has 0 bridgehead atoms. The highest BCUT2D eigenvalue weighted by Gasteiger charge is 2.33. The maximum absolute atomic E-state index is 14.0. The molecule has 3 rings (SSSR count). The molecule has 0 spiro atoms. The Bertz CT molecular complexity index is 1370. The third-order valence-electron chi connectivity index (χ3n) is 6.61. The first-order chi connectivity index (χ1) is 18.8. The van der Waals surface area contributed by atoms with Crippen LogP contribution in [0, 0.1) is 0 Å². The average Bonchev–Trinajstić information content (AvgIpc) is 2.91. The van der Waals surface area contributed by atoms with Gasteiger partial charge in [0.25, 0.3) is 10.0 Å². The van der Waals surface area contributed by atoms with Crippen molar-refractivity contribution in [2.75, 3.05) is 17.4 Å². The number of hydrogen-bond acceptors (Lipinski definition) is 4. The molecular formula is C32H41N3O4S. The lowest BCUT2D eigenvalue weighted by Crippen LogP contribution is -2.55. The predicted octanol–water partition coefficient (Wildman–Crippen LogP) is 5.38. The highest BCUT2D eigenvalue weighted by atomic mass is 32.2. The number of benzene rings is 3. The van der Waals surface area contributed by atoms with E-state index in [1.54, 1.807) is 37.3 Å². The van der Waals surface area contributed by atoms with Gasteiger partial charge in [-0.25, -0.2) is 8.42 Å². The summed E-state index contributed by atoms with van der Waals surface area (Å²) in [6, 6.07) is 24.2. The van der Waals surface area contributed by atoms with E-state index in [2.05, 4.69) is 19.2 Å². The SMILES string of the molecule is CC(C)c1ccc(N(CC(=O)N(CCc2ccccc2)[C@@H](C)C(=O)NC(C)(C)C)S(=O)(=O)c2ccccc2)cc1. The standard InChI is InChI=1S/C32H41N3O4S/c1-24(2)27-17-19-28(20-18-27)35(40(38,39)29-15-11-8-12-16-29)23-30(36)34(22-21-26-13-9-7-10-14-26)25(3)31(37)33-32(4,5)6/h7-20,24-25H,21-23H2,1-6H3,(H,33,37)/t25-/m0/s1. The van der Waals surface area contributed by atoms with E-state index in [4.69, 9.17) is 0 Å². The van der Waals surface area contributed by atoms with Gasteiger partial charge in [-0.1, -0.05) is 74.5 Å². The summed E-state index contributed by atoms with van der Waals surface area (Å²) in [6.45, 7) is 11.2. The zero-order valence-electron chi connectivity index (χ0n) is 24.3. The van der Waals surface area contributed by atoms with E-state index in [9.17, 15) is 18.0 Å². The summed E-state index contributed by atoms with van der Waals surface area (Å²) in [4.78, 5) is 28.7. The van der Waals surface area contributed by atoms with Gasteiger partial charge in [0.1, 0.15) is 12.6 Å². The topological polar surface area (TPSA) is 86.8 Å². The lowest BCUT2D eigenvalue weighted by atomic mass is 10.0. The summed E-state index contributed by atoms with van der Waals surface area (Å²) >= 11 is 0. The number of amides is 2. The van der Waals surface area contributed by atoms with Gasteiger partial charge in [-0.05, 0) is 75.4 Å². The zero-order chi connectivity index (χ0) is 29.5. The lowest BCUT2D eigenvalue weighted by Gasteiger charge is -2.33. The second-order valence-electron chi connectivity index (χ2n) is 11.3. The monoisotopic (exact) mass is 563 g/mol. The van der Waals surface area contributed by atoms with Crippen molar-refractivity contribution in [1.82, 2.24) is 10.2 Å². The van der Waals surface area contributed by atoms with Crippen LogP contribution in [-0.4, -0.2) is 49.8 Å². The summed E-state index contributed by atoms with van der Waals surface area (Å²) < 4.78 is 28.9. The third-order valence-corrected chi connectivity index (χ3v) is 8.40. The van der Waals surface area contributed by atoms with Crippen LogP contribution in [0.4, 0.5) is 5.69 Å². The molecule has 0 aromatic heterocycles. The van der Waals surface area contributed by atoms with Crippen LogP contribution in [0.1, 0.15) is 58.6 Å². The van der Waals surface area contributed by atoms with E-state index in [0.29, 0.717) is 12.1 Å². The summed E-state index contributed by atoms with van der Waals surface area (Å²) in [7, 11) is -4.07. The molecule has 0 aliphatic rings. The second kappa shape index (κ2) is 13.1. The van der Waals surface area contributed by atoms with Crippen LogP contribution in [0.3, 0.4) is 0 Å². The van der Waals surface area contributed by atoms with Crippen molar-refractivity contribution in [3.63, 3.8) is 0 Å². The molecule has 0 radical (unpaired) electrons. The summed E-state index contributed by atoms with van der Waals surface area (Å²) in [5, 5.41) is 2.95. The molecular weight excluding hydrogens is 522 g/mol. The highest BCUT2D eigenvalue weighted by molar-refractivity contribution is 7.92. The van der Waals surface area contributed by atoms with Gasteiger partial charge in [-0.3, -0.25) is 13.9 Å². The molecule has 0 aliphatic heterocycles. The molecule has 0 saturated heterocycles. The van der Waals surface area contributed by atoms with E-state index >= 15 is 0 Å². The van der Waals surface area contributed by atoms with E-state index in [1.807, 2.05) is 63.2 Å². The first-order valence-corrected chi connectivity index (χ1v) is 15.1. The van der Waals surface area contributed by atoms with Gasteiger partial charge in [0.15, 0.2) is 0 Å². The molecule has 0 aliphatic carbocycles. The Morgan fingerprint density at radius 2 is 1.38 bits per heavy atom. The predicted molar refractivity (Wildman–Crippen MR) is 161 cm³/mol. The fourth-order valence-electron chi connectivity index (χ4n) is 4.32. The van der Waals surface area contributed by atoms with Gasteiger partial charge in [0, 0.05) is 12.1 Å². The van der Waals surface area contributed by atoms with Gasteiger partial charge in [0.2, 0.25) is 11.8 Å². The average molecular weight is 564 g/mol. The Kier molecular flexibility index (Phi) is 10.1. The minimum Gasteiger partial charge on any atom is -0.350 e. The van der Waals surface area contributed by atoms with Crippen molar-refractivity contribution in [3.05, 3.63) is 96.1 Å². The van der Waals surface area contributed by atoms with Crippen LogP contribution in [0.25, 0.3) is 0 Å². The van der Waals surface area contributed by atoms with Crippen LogP contribution in [-0.2, 0) is 26.0 Å². The first kappa shape index (κ1) is 30.9. The molecule has 3 aromatic carbocycles. The maximum Gasteiger partial charge on any atom is 0.264 e. The molecule has 8 heteroatoms. The van der Waals surface area contributed by atoms with Crippen LogP contribution in [0.2, 0.25) is 0 Å². The third kappa shape index (κ3) is 8.18. The molecule has 0 saturated carbocycles. The molecule has 214 valence electrons. The summed E-state index contributed by atoms with van der Waals surface area (Å²) in [6.07, 6.45) is 0.522. The fraction of sp³-hybridized carbons (Fsp3) is 0.375. The van der Waals surface area contributed by atoms with Gasteiger partial charge in [-0.2, -0.15) is 0 Å². The molecule has 3 aromatic rings.